The minimum Gasteiger partial charge on any atom is -0.443 e. The molecule has 0 fully saturated rings. The van der Waals surface area contributed by atoms with Crippen LogP contribution in [-0.2, 0) is 11.3 Å². The van der Waals surface area contributed by atoms with E-state index in [9.17, 15) is 4.79 Å². The van der Waals surface area contributed by atoms with Crippen molar-refractivity contribution in [3.63, 3.8) is 0 Å². The van der Waals surface area contributed by atoms with Crippen LogP contribution >= 0.6 is 0 Å². The van der Waals surface area contributed by atoms with Crippen LogP contribution in [0.15, 0.2) is 35.3 Å². The lowest BCUT2D eigenvalue weighted by atomic mass is 10.2. The first-order valence-electron chi connectivity index (χ1n) is 5.14. The van der Waals surface area contributed by atoms with Crippen LogP contribution in [0.25, 0.3) is 0 Å². The molecule has 4 heteroatoms. The summed E-state index contributed by atoms with van der Waals surface area (Å²) in [5.41, 5.74) is 6.46. The number of benzene rings is 1. The van der Waals surface area contributed by atoms with Crippen molar-refractivity contribution in [3.05, 3.63) is 35.9 Å². The third-order valence-corrected chi connectivity index (χ3v) is 2.02. The Kier molecular flexibility index (Phi) is 4.51. The summed E-state index contributed by atoms with van der Waals surface area (Å²) in [7, 11) is 0. The number of carbonyl (C=O) groups is 1. The largest absolute Gasteiger partial charge is 0.443 e. The molecule has 2 N–H and O–H groups in total. The Balaban J connectivity index is 2.45. The molecule has 0 atom stereocenters. The van der Waals surface area contributed by atoms with Gasteiger partial charge in [0.05, 0.1) is 0 Å². The predicted molar refractivity (Wildman–Crippen MR) is 63.1 cm³/mol. The summed E-state index contributed by atoms with van der Waals surface area (Å²) in [6.45, 7) is 3.95. The highest BCUT2D eigenvalue weighted by molar-refractivity contribution is 5.91. The maximum absolute atomic E-state index is 11.2. The zero-order valence-electron chi connectivity index (χ0n) is 9.51. The van der Waals surface area contributed by atoms with Crippen LogP contribution in [0.5, 0.6) is 0 Å². The molecule has 1 rings (SSSR count). The monoisotopic (exact) mass is 220 g/mol. The molecule has 4 nitrogen and oxygen atoms in total. The lowest BCUT2D eigenvalue weighted by molar-refractivity contribution is 0.150. The summed E-state index contributed by atoms with van der Waals surface area (Å²) in [5.74, 6) is 0.335. The van der Waals surface area contributed by atoms with Crippen molar-refractivity contribution in [1.29, 1.82) is 0 Å². The number of nitrogens with two attached hydrogens (primary N) is 1. The summed E-state index contributed by atoms with van der Waals surface area (Å²) in [4.78, 5) is 14.9. The number of hydrogen-bond donors (Lipinski definition) is 1. The number of aliphatic imine (C=N–C) groups is 1. The van der Waals surface area contributed by atoms with Crippen molar-refractivity contribution in [1.82, 2.24) is 0 Å². The van der Waals surface area contributed by atoms with Crippen LogP contribution in [0.2, 0.25) is 0 Å². The Morgan fingerprint density at radius 2 is 2.00 bits per heavy atom. The predicted octanol–water partition coefficient (Wildman–Crippen LogP) is 2.34. The molecule has 1 aromatic rings. The summed E-state index contributed by atoms with van der Waals surface area (Å²) >= 11 is 0. The van der Waals surface area contributed by atoms with E-state index >= 15 is 0 Å². The highest BCUT2D eigenvalue weighted by Crippen LogP contribution is 2.02. The molecule has 16 heavy (non-hydrogen) atoms. The molecule has 0 radical (unpaired) electrons. The van der Waals surface area contributed by atoms with Gasteiger partial charge >= 0.3 is 6.09 Å². The van der Waals surface area contributed by atoms with Crippen molar-refractivity contribution in [2.24, 2.45) is 16.6 Å². The molecule has 0 aliphatic heterocycles. The third kappa shape index (κ3) is 4.13. The molecule has 0 aromatic heterocycles. The minimum absolute atomic E-state index is 0.0456. The Hall–Kier alpha value is -1.84. The quantitative estimate of drug-likeness (QED) is 0.628. The van der Waals surface area contributed by atoms with Gasteiger partial charge < -0.3 is 10.5 Å². The van der Waals surface area contributed by atoms with Crippen LogP contribution in [0.3, 0.4) is 0 Å². The van der Waals surface area contributed by atoms with E-state index in [-0.39, 0.29) is 18.4 Å². The summed E-state index contributed by atoms with van der Waals surface area (Å²) < 4.78 is 4.94. The fourth-order valence-corrected chi connectivity index (χ4v) is 0.986. The van der Waals surface area contributed by atoms with Gasteiger partial charge in [0.15, 0.2) is 0 Å². The molecule has 1 amide bonds. The van der Waals surface area contributed by atoms with Crippen LogP contribution in [0, 0.1) is 5.92 Å². The standard InChI is InChI=1S/C12H16N2O2/c1-9(2)11(13)14-12(15)16-8-10-6-4-3-5-7-10/h3-7,9H,8H2,1-2H3,(H2,13,14,15). The first kappa shape index (κ1) is 12.2. The second-order valence-corrected chi connectivity index (χ2v) is 3.73. The van der Waals surface area contributed by atoms with E-state index < -0.39 is 6.09 Å². The molecular weight excluding hydrogens is 204 g/mol. The molecule has 0 bridgehead atoms. The Bertz CT molecular complexity index is 372. The van der Waals surface area contributed by atoms with Crippen LogP contribution < -0.4 is 5.73 Å². The SMILES string of the molecule is CC(C)/C(N)=N/C(=O)OCc1ccccc1. The molecule has 0 saturated carbocycles. The number of amides is 1. The molecule has 0 aliphatic carbocycles. The number of amidine groups is 1. The highest BCUT2D eigenvalue weighted by atomic mass is 16.5. The normalized spacial score (nSPS) is 11.6. The van der Waals surface area contributed by atoms with Gasteiger partial charge in [0.1, 0.15) is 12.4 Å². The summed E-state index contributed by atoms with van der Waals surface area (Å²) in [6, 6.07) is 9.43. The van der Waals surface area contributed by atoms with Gasteiger partial charge in [0, 0.05) is 5.92 Å². The van der Waals surface area contributed by atoms with E-state index in [0.717, 1.165) is 5.56 Å². The van der Waals surface area contributed by atoms with Crippen molar-refractivity contribution in [2.45, 2.75) is 20.5 Å². The van der Waals surface area contributed by atoms with Crippen molar-refractivity contribution >= 4 is 11.9 Å². The Morgan fingerprint density at radius 1 is 1.38 bits per heavy atom. The Morgan fingerprint density at radius 3 is 2.56 bits per heavy atom. The maximum atomic E-state index is 11.2. The van der Waals surface area contributed by atoms with E-state index in [2.05, 4.69) is 4.99 Å². The zero-order valence-corrected chi connectivity index (χ0v) is 9.51. The summed E-state index contributed by atoms with van der Waals surface area (Å²) in [6.07, 6.45) is -0.643. The fourth-order valence-electron chi connectivity index (χ4n) is 0.986. The molecular formula is C12H16N2O2. The van der Waals surface area contributed by atoms with Crippen LogP contribution in [0.4, 0.5) is 4.79 Å². The minimum atomic E-state index is -0.643. The average Bonchev–Trinajstić information content (AvgIpc) is 2.27. The van der Waals surface area contributed by atoms with Gasteiger partial charge in [-0.2, -0.15) is 4.99 Å². The van der Waals surface area contributed by atoms with Gasteiger partial charge in [0.25, 0.3) is 0 Å². The van der Waals surface area contributed by atoms with Gasteiger partial charge in [-0.1, -0.05) is 44.2 Å². The fraction of sp³-hybridized carbons (Fsp3) is 0.333. The van der Waals surface area contributed by atoms with Crippen LogP contribution in [-0.4, -0.2) is 11.9 Å². The lowest BCUT2D eigenvalue weighted by Crippen LogP contribution is -2.20. The number of nitrogens with zero attached hydrogens (tertiary/aromatic N) is 1. The van der Waals surface area contributed by atoms with E-state index in [0.29, 0.717) is 0 Å². The van der Waals surface area contributed by atoms with Gasteiger partial charge in [-0.25, -0.2) is 4.79 Å². The van der Waals surface area contributed by atoms with Gasteiger partial charge in [-0.3, -0.25) is 0 Å². The molecule has 1 aromatic carbocycles. The van der Waals surface area contributed by atoms with E-state index in [1.54, 1.807) is 0 Å². The molecule has 0 aliphatic rings. The van der Waals surface area contributed by atoms with E-state index in [1.165, 1.54) is 0 Å². The highest BCUT2D eigenvalue weighted by Gasteiger charge is 2.05. The van der Waals surface area contributed by atoms with Gasteiger partial charge in [-0.05, 0) is 5.56 Å². The van der Waals surface area contributed by atoms with E-state index in [1.807, 2.05) is 44.2 Å². The number of hydrogen-bond acceptors (Lipinski definition) is 2. The van der Waals surface area contributed by atoms with Gasteiger partial charge in [0.2, 0.25) is 0 Å². The smallest absolute Gasteiger partial charge is 0.435 e. The average molecular weight is 220 g/mol. The van der Waals surface area contributed by atoms with Crippen molar-refractivity contribution in [3.8, 4) is 0 Å². The number of ether oxygens (including phenoxy) is 1. The molecule has 0 unspecified atom stereocenters. The third-order valence-electron chi connectivity index (χ3n) is 2.02. The molecule has 0 heterocycles. The maximum Gasteiger partial charge on any atom is 0.435 e. The van der Waals surface area contributed by atoms with Gasteiger partial charge in [-0.15, -0.1) is 0 Å². The van der Waals surface area contributed by atoms with Crippen LogP contribution in [0.1, 0.15) is 19.4 Å². The summed E-state index contributed by atoms with van der Waals surface area (Å²) in [5, 5.41) is 0. The van der Waals surface area contributed by atoms with E-state index in [4.69, 9.17) is 10.5 Å². The zero-order chi connectivity index (χ0) is 12.0. The Labute approximate surface area is 95.1 Å². The first-order valence-corrected chi connectivity index (χ1v) is 5.14. The van der Waals surface area contributed by atoms with Crippen molar-refractivity contribution < 1.29 is 9.53 Å². The number of carbonyl (C=O) groups excluding carboxylic acids is 1. The second-order valence-electron chi connectivity index (χ2n) is 3.73. The topological polar surface area (TPSA) is 64.7 Å². The molecule has 0 saturated heterocycles. The second kappa shape index (κ2) is 5.90. The molecule has 0 spiro atoms. The lowest BCUT2D eigenvalue weighted by Gasteiger charge is -2.04. The first-order chi connectivity index (χ1) is 7.59. The van der Waals surface area contributed by atoms with Crippen molar-refractivity contribution in [2.75, 3.05) is 0 Å². The molecule has 86 valence electrons. The number of rotatable bonds is 3.